The lowest BCUT2D eigenvalue weighted by molar-refractivity contribution is 0.110. The monoisotopic (exact) mass is 238 g/mol. The molecule has 17 heavy (non-hydrogen) atoms. The van der Waals surface area contributed by atoms with Crippen LogP contribution in [-0.4, -0.2) is 17.1 Å². The Hall–Kier alpha value is -0.500. The van der Waals surface area contributed by atoms with E-state index in [1.54, 1.807) is 5.57 Å². The van der Waals surface area contributed by atoms with Gasteiger partial charge in [0.15, 0.2) is 0 Å². The minimum Gasteiger partial charge on any atom is -0.306 e. The summed E-state index contributed by atoms with van der Waals surface area (Å²) in [5.74, 6) is 0. The normalized spacial score (nSPS) is 19.2. The molecule has 0 saturated heterocycles. The van der Waals surface area contributed by atoms with Gasteiger partial charge in [-0.05, 0) is 31.8 Å². The molecule has 0 spiro atoms. The van der Waals surface area contributed by atoms with E-state index in [2.05, 4.69) is 72.7 Å². The summed E-state index contributed by atoms with van der Waals surface area (Å²) in [5, 5.41) is 2.37. The topological polar surface area (TPSA) is 15.3 Å². The predicted molar refractivity (Wildman–Crippen MR) is 75.5 cm³/mol. The highest BCUT2D eigenvalue weighted by Crippen LogP contribution is 2.42. The number of allylic oxidation sites excluding steroid dienone is 1. The van der Waals surface area contributed by atoms with Gasteiger partial charge in [-0.15, -0.1) is 0 Å². The number of nitrogens with zero attached hydrogens (tertiary/aromatic N) is 1. The number of hydrazine groups is 1. The van der Waals surface area contributed by atoms with Crippen molar-refractivity contribution in [2.75, 3.05) is 6.54 Å². The lowest BCUT2D eigenvalue weighted by Gasteiger charge is -2.41. The molecule has 0 saturated carbocycles. The summed E-state index contributed by atoms with van der Waals surface area (Å²) in [6.45, 7) is 21.6. The molecule has 0 aromatic heterocycles. The van der Waals surface area contributed by atoms with Crippen LogP contribution in [-0.2, 0) is 0 Å². The fourth-order valence-electron chi connectivity index (χ4n) is 2.44. The SMILES string of the molecule is CC(C)(C)C1=C(C(C)(C)C)N(C(C)(C)C)NC1. The van der Waals surface area contributed by atoms with Crippen LogP contribution >= 0.6 is 0 Å². The molecule has 100 valence electrons. The molecule has 0 aromatic carbocycles. The molecule has 1 N–H and O–H groups in total. The number of rotatable bonds is 0. The maximum Gasteiger partial charge on any atom is 0.0476 e. The Kier molecular flexibility index (Phi) is 3.44. The summed E-state index contributed by atoms with van der Waals surface area (Å²) in [6, 6.07) is 0. The summed E-state index contributed by atoms with van der Waals surface area (Å²) >= 11 is 0. The van der Waals surface area contributed by atoms with Gasteiger partial charge in [-0.2, -0.15) is 0 Å². The molecule has 1 rings (SSSR count). The van der Waals surface area contributed by atoms with Gasteiger partial charge in [0.25, 0.3) is 0 Å². The van der Waals surface area contributed by atoms with Gasteiger partial charge in [-0.25, -0.2) is 5.43 Å². The first-order chi connectivity index (χ1) is 7.35. The van der Waals surface area contributed by atoms with Gasteiger partial charge in [0.2, 0.25) is 0 Å². The molecule has 1 aliphatic heterocycles. The molecule has 0 aromatic rings. The van der Waals surface area contributed by atoms with Crippen LogP contribution in [0, 0.1) is 10.8 Å². The highest BCUT2D eigenvalue weighted by molar-refractivity contribution is 5.29. The third-order valence-electron chi connectivity index (χ3n) is 3.21. The number of hydrogen-bond donors (Lipinski definition) is 1. The molecule has 0 fully saturated rings. The van der Waals surface area contributed by atoms with Crippen molar-refractivity contribution in [1.29, 1.82) is 0 Å². The van der Waals surface area contributed by atoms with Crippen LogP contribution < -0.4 is 5.43 Å². The maximum atomic E-state index is 3.57. The Morgan fingerprint density at radius 2 is 1.29 bits per heavy atom. The molecule has 0 amide bonds. The Labute approximate surface area is 107 Å². The molecule has 2 nitrogen and oxygen atoms in total. The predicted octanol–water partition coefficient (Wildman–Crippen LogP) is 3.95. The standard InChI is InChI=1S/C15H30N2/c1-13(2,3)11-10-16-17(15(7,8)9)12(11)14(4,5)6/h16H,10H2,1-9H3. The van der Waals surface area contributed by atoms with Crippen LogP contribution in [0.15, 0.2) is 11.3 Å². The second-order valence-electron chi connectivity index (χ2n) is 8.17. The van der Waals surface area contributed by atoms with Gasteiger partial charge in [-0.3, -0.25) is 0 Å². The average Bonchev–Trinajstić information content (AvgIpc) is 2.42. The van der Waals surface area contributed by atoms with Crippen LogP contribution in [0.1, 0.15) is 62.3 Å². The Bertz CT molecular complexity index is 318. The summed E-state index contributed by atoms with van der Waals surface area (Å²) in [4.78, 5) is 0. The molecule has 1 heterocycles. The number of hydrogen-bond acceptors (Lipinski definition) is 2. The fourth-order valence-corrected chi connectivity index (χ4v) is 2.44. The van der Waals surface area contributed by atoms with E-state index in [0.717, 1.165) is 6.54 Å². The molecule has 2 heteroatoms. The van der Waals surface area contributed by atoms with Crippen molar-refractivity contribution in [2.45, 2.75) is 67.9 Å². The largest absolute Gasteiger partial charge is 0.306 e. The van der Waals surface area contributed by atoms with Gasteiger partial charge in [0.05, 0.1) is 0 Å². The fraction of sp³-hybridized carbons (Fsp3) is 0.867. The van der Waals surface area contributed by atoms with Gasteiger partial charge in [0, 0.05) is 23.2 Å². The molecule has 0 atom stereocenters. The lowest BCUT2D eigenvalue weighted by atomic mass is 9.78. The van der Waals surface area contributed by atoms with Crippen LogP contribution in [0.2, 0.25) is 0 Å². The summed E-state index contributed by atoms with van der Waals surface area (Å²) in [7, 11) is 0. The molecule has 0 radical (unpaired) electrons. The van der Waals surface area contributed by atoms with Gasteiger partial charge >= 0.3 is 0 Å². The molecule has 0 aliphatic carbocycles. The van der Waals surface area contributed by atoms with E-state index >= 15 is 0 Å². The van der Waals surface area contributed by atoms with E-state index in [1.165, 1.54) is 5.70 Å². The first-order valence-corrected chi connectivity index (χ1v) is 6.63. The van der Waals surface area contributed by atoms with E-state index in [-0.39, 0.29) is 16.4 Å². The van der Waals surface area contributed by atoms with Crippen molar-refractivity contribution in [1.82, 2.24) is 10.4 Å². The van der Waals surface area contributed by atoms with Crippen molar-refractivity contribution in [3.05, 3.63) is 11.3 Å². The zero-order valence-corrected chi connectivity index (χ0v) is 13.2. The van der Waals surface area contributed by atoms with Gasteiger partial charge in [0.1, 0.15) is 0 Å². The van der Waals surface area contributed by atoms with Crippen LogP contribution in [0.25, 0.3) is 0 Å². The summed E-state index contributed by atoms with van der Waals surface area (Å²) in [5.41, 5.74) is 7.11. The maximum absolute atomic E-state index is 3.57. The lowest BCUT2D eigenvalue weighted by Crippen LogP contribution is -2.48. The van der Waals surface area contributed by atoms with Crippen molar-refractivity contribution < 1.29 is 0 Å². The second-order valence-corrected chi connectivity index (χ2v) is 8.17. The van der Waals surface area contributed by atoms with Crippen molar-refractivity contribution in [3.8, 4) is 0 Å². The first kappa shape index (κ1) is 14.6. The third-order valence-corrected chi connectivity index (χ3v) is 3.21. The number of nitrogens with one attached hydrogen (secondary N) is 1. The molecule has 0 bridgehead atoms. The molecule has 1 aliphatic rings. The quantitative estimate of drug-likeness (QED) is 0.687. The second kappa shape index (κ2) is 4.01. The van der Waals surface area contributed by atoms with E-state index in [9.17, 15) is 0 Å². The van der Waals surface area contributed by atoms with E-state index in [1.807, 2.05) is 0 Å². The van der Waals surface area contributed by atoms with Gasteiger partial charge < -0.3 is 5.01 Å². The zero-order valence-electron chi connectivity index (χ0n) is 13.2. The zero-order chi connectivity index (χ0) is 13.6. The van der Waals surface area contributed by atoms with Gasteiger partial charge in [-0.1, -0.05) is 41.5 Å². The Morgan fingerprint density at radius 3 is 1.59 bits per heavy atom. The highest BCUT2D eigenvalue weighted by atomic mass is 15.6. The van der Waals surface area contributed by atoms with Crippen LogP contribution in [0.3, 0.4) is 0 Å². The van der Waals surface area contributed by atoms with Crippen molar-refractivity contribution in [2.24, 2.45) is 10.8 Å². The average molecular weight is 238 g/mol. The highest BCUT2D eigenvalue weighted by Gasteiger charge is 2.39. The van der Waals surface area contributed by atoms with Crippen LogP contribution in [0.4, 0.5) is 0 Å². The van der Waals surface area contributed by atoms with Crippen molar-refractivity contribution >= 4 is 0 Å². The first-order valence-electron chi connectivity index (χ1n) is 6.63. The van der Waals surface area contributed by atoms with Crippen molar-refractivity contribution in [3.63, 3.8) is 0 Å². The minimum absolute atomic E-state index is 0.121. The van der Waals surface area contributed by atoms with E-state index in [0.29, 0.717) is 0 Å². The smallest absolute Gasteiger partial charge is 0.0476 e. The minimum atomic E-state index is 0.121. The Balaban J connectivity index is 3.31. The summed E-state index contributed by atoms with van der Waals surface area (Å²) in [6.07, 6.45) is 0. The molecular formula is C15H30N2. The Morgan fingerprint density at radius 1 is 0.824 bits per heavy atom. The molecule has 0 unspecified atom stereocenters. The van der Waals surface area contributed by atoms with Crippen LogP contribution in [0.5, 0.6) is 0 Å². The molecular weight excluding hydrogens is 208 g/mol. The summed E-state index contributed by atoms with van der Waals surface area (Å²) < 4.78 is 0. The van der Waals surface area contributed by atoms with E-state index < -0.39 is 0 Å². The third kappa shape index (κ3) is 3.04. The van der Waals surface area contributed by atoms with E-state index in [4.69, 9.17) is 0 Å².